The number of hydrogen-bond donors (Lipinski definition) is 0. The van der Waals surface area contributed by atoms with E-state index >= 15 is 0 Å². The van der Waals surface area contributed by atoms with Crippen LogP contribution in [0.4, 0.5) is 0 Å². The summed E-state index contributed by atoms with van der Waals surface area (Å²) in [6.45, 7) is 3.34. The largest absolute Gasteiger partial charge is 0.336 e. The van der Waals surface area contributed by atoms with Crippen LogP contribution in [0.3, 0.4) is 0 Å². The summed E-state index contributed by atoms with van der Waals surface area (Å²) >= 11 is 0. The lowest BCUT2D eigenvalue weighted by atomic mass is 10.00. The summed E-state index contributed by atoms with van der Waals surface area (Å²) in [5.74, 6) is -0.00421. The number of fused-ring (bicyclic) bond motifs is 1. The number of carbonyl (C=O) groups is 1. The topological polar surface area (TPSA) is 42.3 Å². The van der Waals surface area contributed by atoms with Crippen LogP contribution >= 0.6 is 0 Å². The van der Waals surface area contributed by atoms with Gasteiger partial charge in [0.25, 0.3) is 5.56 Å². The third-order valence-corrected chi connectivity index (χ3v) is 3.94. The van der Waals surface area contributed by atoms with Crippen molar-refractivity contribution in [3.05, 3.63) is 69.6 Å². The highest BCUT2D eigenvalue weighted by molar-refractivity contribution is 5.76. The number of rotatable bonds is 2. The Bertz CT molecular complexity index is 734. The second-order valence-electron chi connectivity index (χ2n) is 5.50. The molecule has 4 nitrogen and oxygen atoms in total. The maximum atomic E-state index is 12.4. The van der Waals surface area contributed by atoms with Crippen molar-refractivity contribution in [2.45, 2.75) is 26.4 Å². The SMILES string of the molecule is Cc1ccn(CC(=O)N2CCc3ccccc3C2)c(=O)c1. The van der Waals surface area contributed by atoms with Gasteiger partial charge >= 0.3 is 0 Å². The highest BCUT2D eigenvalue weighted by Gasteiger charge is 2.20. The summed E-state index contributed by atoms with van der Waals surface area (Å²) in [6.07, 6.45) is 2.57. The molecule has 1 aromatic heterocycles. The second-order valence-corrected chi connectivity index (χ2v) is 5.50. The number of amides is 1. The Morgan fingerprint density at radius 1 is 1.19 bits per heavy atom. The summed E-state index contributed by atoms with van der Waals surface area (Å²) in [4.78, 5) is 26.1. The van der Waals surface area contributed by atoms with Crippen molar-refractivity contribution in [3.8, 4) is 0 Å². The molecule has 0 bridgehead atoms. The van der Waals surface area contributed by atoms with E-state index in [1.807, 2.05) is 30.0 Å². The molecule has 4 heteroatoms. The van der Waals surface area contributed by atoms with Crippen LogP contribution in [0, 0.1) is 6.92 Å². The van der Waals surface area contributed by atoms with Gasteiger partial charge in [-0.05, 0) is 36.1 Å². The van der Waals surface area contributed by atoms with Crippen LogP contribution in [0.15, 0.2) is 47.4 Å². The van der Waals surface area contributed by atoms with Crippen molar-refractivity contribution >= 4 is 5.91 Å². The van der Waals surface area contributed by atoms with Crippen LogP contribution in [0.5, 0.6) is 0 Å². The average molecular weight is 282 g/mol. The molecule has 3 rings (SSSR count). The van der Waals surface area contributed by atoms with E-state index in [0.717, 1.165) is 18.5 Å². The van der Waals surface area contributed by atoms with Crippen molar-refractivity contribution in [2.24, 2.45) is 0 Å². The third kappa shape index (κ3) is 2.89. The van der Waals surface area contributed by atoms with Crippen LogP contribution < -0.4 is 5.56 Å². The monoisotopic (exact) mass is 282 g/mol. The van der Waals surface area contributed by atoms with E-state index < -0.39 is 0 Å². The number of nitrogens with zero attached hydrogens (tertiary/aromatic N) is 2. The standard InChI is InChI=1S/C17H18N2O2/c1-13-6-8-19(16(20)10-13)12-17(21)18-9-7-14-4-2-3-5-15(14)11-18/h2-6,8,10H,7,9,11-12H2,1H3. The summed E-state index contributed by atoms with van der Waals surface area (Å²) in [6, 6.07) is 11.6. The van der Waals surface area contributed by atoms with Gasteiger partial charge in [-0.1, -0.05) is 24.3 Å². The van der Waals surface area contributed by atoms with Crippen LogP contribution in [0.1, 0.15) is 16.7 Å². The molecule has 108 valence electrons. The molecular weight excluding hydrogens is 264 g/mol. The van der Waals surface area contributed by atoms with E-state index in [1.54, 1.807) is 12.3 Å². The van der Waals surface area contributed by atoms with E-state index in [2.05, 4.69) is 12.1 Å². The van der Waals surface area contributed by atoms with E-state index in [-0.39, 0.29) is 18.0 Å². The minimum Gasteiger partial charge on any atom is -0.336 e. The Morgan fingerprint density at radius 3 is 2.71 bits per heavy atom. The Balaban J connectivity index is 1.74. The van der Waals surface area contributed by atoms with Crippen LogP contribution in [-0.4, -0.2) is 21.9 Å². The van der Waals surface area contributed by atoms with E-state index in [1.165, 1.54) is 15.7 Å². The van der Waals surface area contributed by atoms with Crippen molar-refractivity contribution in [3.63, 3.8) is 0 Å². The molecule has 0 fully saturated rings. The zero-order valence-electron chi connectivity index (χ0n) is 12.1. The molecule has 0 radical (unpaired) electrons. The smallest absolute Gasteiger partial charge is 0.251 e. The molecule has 1 aromatic carbocycles. The first-order chi connectivity index (χ1) is 10.1. The third-order valence-electron chi connectivity index (χ3n) is 3.94. The first kappa shape index (κ1) is 13.6. The van der Waals surface area contributed by atoms with E-state index in [9.17, 15) is 9.59 Å². The van der Waals surface area contributed by atoms with Gasteiger partial charge in [0, 0.05) is 25.4 Å². The van der Waals surface area contributed by atoms with Gasteiger partial charge in [-0.2, -0.15) is 0 Å². The number of pyridine rings is 1. The molecule has 0 N–H and O–H groups in total. The predicted octanol–water partition coefficient (Wildman–Crippen LogP) is 1.74. The minimum atomic E-state index is -0.124. The van der Waals surface area contributed by atoms with Gasteiger partial charge in [0.1, 0.15) is 6.54 Å². The molecule has 2 heterocycles. The summed E-state index contributed by atoms with van der Waals surface area (Å²) in [7, 11) is 0. The molecule has 2 aromatic rings. The molecule has 0 atom stereocenters. The molecule has 21 heavy (non-hydrogen) atoms. The summed E-state index contributed by atoms with van der Waals surface area (Å²) < 4.78 is 1.47. The van der Waals surface area contributed by atoms with Crippen LogP contribution in [0.2, 0.25) is 0 Å². The normalized spacial score (nSPS) is 13.9. The zero-order chi connectivity index (χ0) is 14.8. The summed E-state index contributed by atoms with van der Waals surface area (Å²) in [5.41, 5.74) is 3.30. The van der Waals surface area contributed by atoms with E-state index in [4.69, 9.17) is 0 Å². The van der Waals surface area contributed by atoms with Gasteiger partial charge in [0.15, 0.2) is 0 Å². The molecule has 0 saturated carbocycles. The fourth-order valence-electron chi connectivity index (χ4n) is 2.69. The fourth-order valence-corrected chi connectivity index (χ4v) is 2.69. The number of hydrogen-bond acceptors (Lipinski definition) is 2. The first-order valence-corrected chi connectivity index (χ1v) is 7.15. The summed E-state index contributed by atoms with van der Waals surface area (Å²) in [5, 5.41) is 0. The maximum absolute atomic E-state index is 12.4. The molecule has 0 saturated heterocycles. The zero-order valence-corrected chi connectivity index (χ0v) is 12.1. The van der Waals surface area contributed by atoms with Gasteiger partial charge < -0.3 is 9.47 Å². The van der Waals surface area contributed by atoms with Crippen molar-refractivity contribution in [1.29, 1.82) is 0 Å². The number of benzene rings is 1. The Morgan fingerprint density at radius 2 is 1.95 bits per heavy atom. The van der Waals surface area contributed by atoms with Crippen molar-refractivity contribution in [2.75, 3.05) is 6.54 Å². The molecule has 0 spiro atoms. The molecular formula is C17H18N2O2. The highest BCUT2D eigenvalue weighted by atomic mass is 16.2. The number of aromatic nitrogens is 1. The second kappa shape index (κ2) is 5.56. The van der Waals surface area contributed by atoms with Gasteiger partial charge in [-0.15, -0.1) is 0 Å². The fraction of sp³-hybridized carbons (Fsp3) is 0.294. The Labute approximate surface area is 123 Å². The maximum Gasteiger partial charge on any atom is 0.251 e. The quantitative estimate of drug-likeness (QED) is 0.842. The van der Waals surface area contributed by atoms with Crippen LogP contribution in [-0.2, 0) is 24.3 Å². The van der Waals surface area contributed by atoms with E-state index in [0.29, 0.717) is 6.54 Å². The average Bonchev–Trinajstić information content (AvgIpc) is 2.49. The van der Waals surface area contributed by atoms with Crippen LogP contribution in [0.25, 0.3) is 0 Å². The molecule has 1 amide bonds. The number of carbonyl (C=O) groups excluding carboxylic acids is 1. The number of aryl methyl sites for hydroxylation is 1. The minimum absolute atomic E-state index is 0.00421. The highest BCUT2D eigenvalue weighted by Crippen LogP contribution is 2.18. The molecule has 0 unspecified atom stereocenters. The Kier molecular flexibility index (Phi) is 3.60. The molecule has 0 aliphatic carbocycles. The van der Waals surface area contributed by atoms with Gasteiger partial charge in [0.2, 0.25) is 5.91 Å². The lowest BCUT2D eigenvalue weighted by Crippen LogP contribution is -2.39. The van der Waals surface area contributed by atoms with Gasteiger partial charge in [-0.3, -0.25) is 9.59 Å². The van der Waals surface area contributed by atoms with Crippen molar-refractivity contribution < 1.29 is 4.79 Å². The molecule has 1 aliphatic heterocycles. The molecule has 1 aliphatic rings. The lowest BCUT2D eigenvalue weighted by Gasteiger charge is -2.29. The Hall–Kier alpha value is -2.36. The lowest BCUT2D eigenvalue weighted by molar-refractivity contribution is -0.132. The first-order valence-electron chi connectivity index (χ1n) is 7.15. The predicted molar refractivity (Wildman–Crippen MR) is 81.0 cm³/mol. The van der Waals surface area contributed by atoms with Gasteiger partial charge in [0.05, 0.1) is 0 Å². The van der Waals surface area contributed by atoms with Crippen molar-refractivity contribution in [1.82, 2.24) is 9.47 Å². The van der Waals surface area contributed by atoms with Gasteiger partial charge in [-0.25, -0.2) is 0 Å².